The van der Waals surface area contributed by atoms with Crippen LogP contribution >= 0.6 is 24.0 Å². The minimum atomic E-state index is -1.12. The number of nitrogens with zero attached hydrogens (tertiary/aromatic N) is 1. The summed E-state index contributed by atoms with van der Waals surface area (Å²) in [6.45, 7) is 3.60. The Balaban J connectivity index is 2.31. The van der Waals surface area contributed by atoms with E-state index < -0.39 is 17.9 Å². The van der Waals surface area contributed by atoms with E-state index in [1.807, 2.05) is 0 Å². The monoisotopic (exact) mass is 353 g/mol. The highest BCUT2D eigenvalue weighted by atomic mass is 32.2. The van der Waals surface area contributed by atoms with Crippen molar-refractivity contribution in [2.75, 3.05) is 6.61 Å². The lowest BCUT2D eigenvalue weighted by Gasteiger charge is -2.18. The number of aromatic hydroxyl groups is 1. The van der Waals surface area contributed by atoms with Crippen LogP contribution in [0.25, 0.3) is 6.08 Å². The highest BCUT2D eigenvalue weighted by Crippen LogP contribution is 2.35. The molecule has 2 rings (SSSR count). The van der Waals surface area contributed by atoms with Crippen LogP contribution in [-0.4, -0.2) is 44.0 Å². The van der Waals surface area contributed by atoms with Gasteiger partial charge in [-0.25, -0.2) is 4.79 Å². The zero-order valence-corrected chi connectivity index (χ0v) is 14.1. The molecule has 1 aliphatic heterocycles. The van der Waals surface area contributed by atoms with E-state index in [0.717, 1.165) is 16.7 Å². The molecule has 0 radical (unpaired) electrons. The lowest BCUT2D eigenvalue weighted by molar-refractivity contribution is -0.144. The third kappa shape index (κ3) is 3.65. The highest BCUT2D eigenvalue weighted by Gasteiger charge is 2.38. The quantitative estimate of drug-likeness (QED) is 0.621. The van der Waals surface area contributed by atoms with E-state index in [1.165, 1.54) is 13.0 Å². The molecule has 1 aliphatic rings. The topological polar surface area (TPSA) is 87.1 Å². The normalized spacial score (nSPS) is 17.7. The Morgan fingerprint density at radius 2 is 2.22 bits per heavy atom. The number of ether oxygens (including phenoxy) is 1. The van der Waals surface area contributed by atoms with Crippen LogP contribution in [0.4, 0.5) is 0 Å². The Labute approximate surface area is 142 Å². The number of phenols is 1. The molecular formula is C15H15NO5S2. The summed E-state index contributed by atoms with van der Waals surface area (Å²) >= 11 is 6.14. The molecule has 0 saturated carbocycles. The second kappa shape index (κ2) is 7.01. The predicted octanol–water partition coefficient (Wildman–Crippen LogP) is 2.47. The Morgan fingerprint density at radius 1 is 1.52 bits per heavy atom. The average molecular weight is 353 g/mol. The maximum atomic E-state index is 12.3. The van der Waals surface area contributed by atoms with Crippen LogP contribution in [0, 0.1) is 0 Å². The fourth-order valence-corrected chi connectivity index (χ4v) is 3.39. The lowest BCUT2D eigenvalue weighted by Crippen LogP contribution is -2.41. The van der Waals surface area contributed by atoms with Crippen LogP contribution in [0.2, 0.25) is 0 Å². The van der Waals surface area contributed by atoms with Gasteiger partial charge in [0.15, 0.2) is 11.5 Å². The van der Waals surface area contributed by atoms with Gasteiger partial charge in [0.1, 0.15) is 10.4 Å². The first-order chi connectivity index (χ1) is 10.8. The summed E-state index contributed by atoms with van der Waals surface area (Å²) in [5.41, 5.74) is 0.648. The van der Waals surface area contributed by atoms with Crippen molar-refractivity contribution >= 4 is 46.3 Å². The van der Waals surface area contributed by atoms with Gasteiger partial charge in [0.25, 0.3) is 5.91 Å². The molecule has 23 heavy (non-hydrogen) atoms. The maximum absolute atomic E-state index is 12.3. The molecule has 6 nitrogen and oxygen atoms in total. The maximum Gasteiger partial charge on any atom is 0.326 e. The van der Waals surface area contributed by atoms with Crippen molar-refractivity contribution in [1.29, 1.82) is 0 Å². The molecule has 2 N–H and O–H groups in total. The number of aliphatic carboxylic acids is 1. The first-order valence-corrected chi connectivity index (χ1v) is 8.03. The SMILES string of the molecule is CCOc1cc(/C=C2/SC(=S)N([C@H](C)C(=O)O)C2=O)ccc1O. The van der Waals surface area contributed by atoms with Gasteiger partial charge >= 0.3 is 5.97 Å². The van der Waals surface area contributed by atoms with Gasteiger partial charge in [-0.3, -0.25) is 9.69 Å². The number of amides is 1. The number of rotatable bonds is 5. The van der Waals surface area contributed by atoms with Gasteiger partial charge in [-0.1, -0.05) is 30.0 Å². The standard InChI is InChI=1S/C15H15NO5S2/c1-3-21-11-6-9(4-5-10(11)17)7-12-13(18)16(15(22)23-12)8(2)14(19)20/h4-8,17H,3H2,1-2H3,(H,19,20)/b12-7+/t8-/m1/s1. The number of benzene rings is 1. The van der Waals surface area contributed by atoms with Crippen molar-refractivity contribution in [2.45, 2.75) is 19.9 Å². The molecule has 0 spiro atoms. The third-order valence-electron chi connectivity index (χ3n) is 3.15. The van der Waals surface area contributed by atoms with Crippen LogP contribution < -0.4 is 4.74 Å². The number of thiocarbonyl (C=S) groups is 1. The number of hydrogen-bond donors (Lipinski definition) is 2. The fraction of sp³-hybridized carbons (Fsp3) is 0.267. The van der Waals surface area contributed by atoms with Crippen molar-refractivity contribution in [3.05, 3.63) is 28.7 Å². The van der Waals surface area contributed by atoms with Crippen LogP contribution in [0.5, 0.6) is 11.5 Å². The van der Waals surface area contributed by atoms with E-state index in [-0.39, 0.29) is 10.1 Å². The van der Waals surface area contributed by atoms with Gasteiger partial charge in [-0.05, 0) is 37.6 Å². The molecule has 0 aromatic heterocycles. The molecule has 1 aromatic carbocycles. The predicted molar refractivity (Wildman–Crippen MR) is 91.4 cm³/mol. The van der Waals surface area contributed by atoms with E-state index in [4.69, 9.17) is 22.1 Å². The second-order valence-corrected chi connectivity index (χ2v) is 6.40. The van der Waals surface area contributed by atoms with Gasteiger partial charge in [0.05, 0.1) is 11.5 Å². The molecule has 1 aromatic rings. The summed E-state index contributed by atoms with van der Waals surface area (Å²) in [7, 11) is 0. The minimum absolute atomic E-state index is 0.0102. The highest BCUT2D eigenvalue weighted by molar-refractivity contribution is 8.26. The number of hydrogen-bond acceptors (Lipinski definition) is 6. The summed E-state index contributed by atoms with van der Waals surface area (Å²) in [6.07, 6.45) is 1.59. The molecule has 0 unspecified atom stereocenters. The number of carboxylic acids is 1. The first-order valence-electron chi connectivity index (χ1n) is 6.80. The molecule has 1 amide bonds. The van der Waals surface area contributed by atoms with Gasteiger partial charge in [0.2, 0.25) is 0 Å². The molecular weight excluding hydrogens is 338 g/mol. The van der Waals surface area contributed by atoms with E-state index >= 15 is 0 Å². The Morgan fingerprint density at radius 3 is 2.83 bits per heavy atom. The van der Waals surface area contributed by atoms with Crippen molar-refractivity contribution in [2.24, 2.45) is 0 Å². The Hall–Kier alpha value is -2.06. The van der Waals surface area contributed by atoms with Crippen molar-refractivity contribution < 1.29 is 24.5 Å². The smallest absolute Gasteiger partial charge is 0.326 e. The number of thioether (sulfide) groups is 1. The van der Waals surface area contributed by atoms with E-state index in [2.05, 4.69) is 0 Å². The molecule has 1 heterocycles. The van der Waals surface area contributed by atoms with E-state index in [1.54, 1.807) is 25.1 Å². The minimum Gasteiger partial charge on any atom is -0.504 e. The molecule has 0 aliphatic carbocycles. The second-order valence-electron chi connectivity index (χ2n) is 4.73. The first kappa shape index (κ1) is 17.3. The summed E-state index contributed by atoms with van der Waals surface area (Å²) in [5.74, 6) is -1.24. The molecule has 1 fully saturated rings. The van der Waals surface area contributed by atoms with E-state index in [0.29, 0.717) is 22.8 Å². The van der Waals surface area contributed by atoms with Crippen molar-refractivity contribution in [3.8, 4) is 11.5 Å². The number of carbonyl (C=O) groups excluding carboxylic acids is 1. The average Bonchev–Trinajstić information content (AvgIpc) is 2.76. The molecule has 0 bridgehead atoms. The van der Waals surface area contributed by atoms with Gasteiger partial charge in [-0.2, -0.15) is 0 Å². The van der Waals surface area contributed by atoms with Gasteiger partial charge in [-0.15, -0.1) is 0 Å². The van der Waals surface area contributed by atoms with Gasteiger partial charge < -0.3 is 14.9 Å². The zero-order chi connectivity index (χ0) is 17.1. The van der Waals surface area contributed by atoms with Crippen LogP contribution in [-0.2, 0) is 9.59 Å². The number of carboxylic acid groups (broad SMARTS) is 1. The van der Waals surface area contributed by atoms with E-state index in [9.17, 15) is 14.7 Å². The van der Waals surface area contributed by atoms with Gasteiger partial charge in [0, 0.05) is 0 Å². The van der Waals surface area contributed by atoms with Crippen LogP contribution in [0.1, 0.15) is 19.4 Å². The van der Waals surface area contributed by atoms with Crippen molar-refractivity contribution in [1.82, 2.24) is 4.90 Å². The van der Waals surface area contributed by atoms with Crippen LogP contribution in [0.15, 0.2) is 23.1 Å². The fourth-order valence-electron chi connectivity index (χ4n) is 1.97. The lowest BCUT2D eigenvalue weighted by atomic mass is 10.2. The summed E-state index contributed by atoms with van der Waals surface area (Å²) in [5, 5.41) is 18.7. The third-order valence-corrected chi connectivity index (χ3v) is 4.48. The zero-order valence-electron chi connectivity index (χ0n) is 12.5. The summed E-state index contributed by atoms with van der Waals surface area (Å²) in [6, 6.07) is 3.68. The largest absolute Gasteiger partial charge is 0.504 e. The van der Waals surface area contributed by atoms with Crippen molar-refractivity contribution in [3.63, 3.8) is 0 Å². The van der Waals surface area contributed by atoms with Crippen LogP contribution in [0.3, 0.4) is 0 Å². The number of carbonyl (C=O) groups is 2. The number of phenolic OH excluding ortho intramolecular Hbond substituents is 1. The Kier molecular flexibility index (Phi) is 5.27. The summed E-state index contributed by atoms with van der Waals surface area (Å²) in [4.78, 5) is 24.8. The molecule has 1 atom stereocenters. The molecule has 8 heteroatoms. The summed E-state index contributed by atoms with van der Waals surface area (Å²) < 4.78 is 5.50. The molecule has 122 valence electrons. The molecule has 1 saturated heterocycles. The Bertz CT molecular complexity index is 701.